The van der Waals surface area contributed by atoms with Gasteiger partial charge in [-0.1, -0.05) is 30.7 Å². The van der Waals surface area contributed by atoms with Gasteiger partial charge in [-0.25, -0.2) is 0 Å². The highest BCUT2D eigenvalue weighted by atomic mass is 35.5. The third-order valence-electron chi connectivity index (χ3n) is 4.57. The maximum absolute atomic E-state index is 12.5. The minimum Gasteiger partial charge on any atom is -0.484 e. The maximum Gasteiger partial charge on any atom is 0.293 e. The Balaban J connectivity index is 1.44. The van der Waals surface area contributed by atoms with Gasteiger partial charge in [-0.05, 0) is 59.8 Å². The molecule has 1 heterocycles. The van der Waals surface area contributed by atoms with Crippen molar-refractivity contribution in [3.8, 4) is 5.75 Å². The third-order valence-corrected chi connectivity index (χ3v) is 5.73. The summed E-state index contributed by atoms with van der Waals surface area (Å²) in [6, 6.07) is 13.5. The lowest BCUT2D eigenvalue weighted by Crippen LogP contribution is -2.38. The lowest BCUT2D eigenvalue weighted by atomic mass is 10.1. The molecular weight excluding hydrogens is 452 g/mol. The number of nitrogens with one attached hydrogen (secondary N) is 1. The van der Waals surface area contributed by atoms with E-state index in [1.807, 2.05) is 0 Å². The van der Waals surface area contributed by atoms with Gasteiger partial charge in [-0.15, -0.1) is 0 Å². The molecule has 1 fully saturated rings. The molecule has 0 aromatic heterocycles. The molecule has 3 rings (SSSR count). The quantitative estimate of drug-likeness (QED) is 0.435. The Labute approximate surface area is 194 Å². The zero-order valence-corrected chi connectivity index (χ0v) is 18.9. The van der Waals surface area contributed by atoms with Gasteiger partial charge < -0.3 is 10.1 Å². The number of carbonyl (C=O) groups excluding carboxylic acids is 4. The lowest BCUT2D eigenvalue weighted by Gasteiger charge is -2.13. The molecule has 1 aliphatic heterocycles. The summed E-state index contributed by atoms with van der Waals surface area (Å²) in [5.41, 5.74) is 1.35. The van der Waals surface area contributed by atoms with Crippen LogP contribution in [0.15, 0.2) is 53.4 Å². The second-order valence-corrected chi connectivity index (χ2v) is 8.25. The van der Waals surface area contributed by atoms with Crippen LogP contribution in [0.3, 0.4) is 0 Å². The summed E-state index contributed by atoms with van der Waals surface area (Å²) >= 11 is 6.71. The van der Waals surface area contributed by atoms with Gasteiger partial charge in [0.1, 0.15) is 5.75 Å². The number of nitrogens with zero attached hydrogens (tertiary/aromatic N) is 1. The molecule has 0 aliphatic carbocycles. The van der Waals surface area contributed by atoms with Crippen molar-refractivity contribution in [2.75, 3.05) is 19.7 Å². The van der Waals surface area contributed by atoms with E-state index in [1.165, 1.54) is 0 Å². The minimum absolute atomic E-state index is 0.0321. The second-order valence-electron chi connectivity index (χ2n) is 6.82. The molecule has 0 spiro atoms. The van der Waals surface area contributed by atoms with Gasteiger partial charge in [0.25, 0.3) is 17.1 Å². The van der Waals surface area contributed by atoms with Crippen LogP contribution in [0.5, 0.6) is 5.75 Å². The Hall–Kier alpha value is -3.10. The number of hydrogen-bond acceptors (Lipinski definition) is 6. The van der Waals surface area contributed by atoms with Crippen LogP contribution in [0.25, 0.3) is 6.08 Å². The Kier molecular flexibility index (Phi) is 8.08. The van der Waals surface area contributed by atoms with Crippen molar-refractivity contribution < 1.29 is 23.9 Å². The largest absolute Gasteiger partial charge is 0.484 e. The molecule has 32 heavy (non-hydrogen) atoms. The predicted molar refractivity (Wildman–Crippen MR) is 124 cm³/mol. The number of carbonyl (C=O) groups is 4. The molecule has 0 radical (unpaired) electrons. The average molecular weight is 473 g/mol. The topological polar surface area (TPSA) is 92.8 Å². The van der Waals surface area contributed by atoms with Crippen LogP contribution in [-0.4, -0.2) is 47.4 Å². The molecule has 0 unspecified atom stereocenters. The van der Waals surface area contributed by atoms with Crippen LogP contribution in [0.2, 0.25) is 5.02 Å². The van der Waals surface area contributed by atoms with Gasteiger partial charge in [-0.2, -0.15) is 0 Å². The van der Waals surface area contributed by atoms with Crippen LogP contribution < -0.4 is 10.1 Å². The number of amides is 3. The van der Waals surface area contributed by atoms with Crippen LogP contribution in [0, 0.1) is 0 Å². The van der Waals surface area contributed by atoms with Gasteiger partial charge in [0, 0.05) is 30.1 Å². The van der Waals surface area contributed by atoms with E-state index in [0.29, 0.717) is 27.7 Å². The molecule has 0 atom stereocenters. The second kappa shape index (κ2) is 11.0. The van der Waals surface area contributed by atoms with E-state index in [1.54, 1.807) is 61.5 Å². The molecule has 2 aromatic carbocycles. The molecule has 1 N–H and O–H groups in total. The SMILES string of the molecule is CCC(=O)c1ccc(OCC(=O)NCCN2C(=O)S/C(=C/c3ccc(Cl)cc3)C2=O)cc1. The first-order chi connectivity index (χ1) is 15.4. The molecule has 2 aromatic rings. The Morgan fingerprint density at radius 1 is 1.09 bits per heavy atom. The smallest absolute Gasteiger partial charge is 0.293 e. The number of ether oxygens (including phenoxy) is 1. The number of imide groups is 1. The first kappa shape index (κ1) is 23.6. The van der Waals surface area contributed by atoms with Crippen LogP contribution >= 0.6 is 23.4 Å². The predicted octanol–water partition coefficient (Wildman–Crippen LogP) is 4.16. The summed E-state index contributed by atoms with van der Waals surface area (Å²) in [5.74, 6) is -0.291. The highest BCUT2D eigenvalue weighted by Crippen LogP contribution is 2.32. The normalized spacial score (nSPS) is 14.7. The molecule has 3 amide bonds. The standard InChI is InChI=1S/C23H21ClN2O5S/c1-2-19(27)16-5-9-18(10-6-16)31-14-21(28)25-11-12-26-22(29)20(32-23(26)30)13-15-3-7-17(24)8-4-15/h3-10,13H,2,11-12,14H2,1H3,(H,25,28)/b20-13+. The summed E-state index contributed by atoms with van der Waals surface area (Å²) in [7, 11) is 0. The number of halogens is 1. The third kappa shape index (κ3) is 6.21. The summed E-state index contributed by atoms with van der Waals surface area (Å²) in [5, 5.41) is 2.82. The van der Waals surface area contributed by atoms with E-state index < -0.39 is 5.91 Å². The fourth-order valence-electron chi connectivity index (χ4n) is 2.85. The van der Waals surface area contributed by atoms with Crippen LogP contribution in [0.4, 0.5) is 4.79 Å². The van der Waals surface area contributed by atoms with E-state index in [4.69, 9.17) is 16.3 Å². The summed E-state index contributed by atoms with van der Waals surface area (Å²) < 4.78 is 5.40. The molecule has 0 saturated carbocycles. The zero-order chi connectivity index (χ0) is 23.1. The van der Waals surface area contributed by atoms with E-state index in [-0.39, 0.29) is 36.6 Å². The number of thioether (sulfide) groups is 1. The first-order valence-corrected chi connectivity index (χ1v) is 11.1. The number of benzene rings is 2. The van der Waals surface area contributed by atoms with Crippen molar-refractivity contribution >= 4 is 52.3 Å². The summed E-state index contributed by atoms with van der Waals surface area (Å²) in [6.07, 6.45) is 2.05. The van der Waals surface area contributed by atoms with Crippen molar-refractivity contribution in [3.63, 3.8) is 0 Å². The Bertz CT molecular complexity index is 1050. The molecule has 9 heteroatoms. The van der Waals surface area contributed by atoms with E-state index in [9.17, 15) is 19.2 Å². The summed E-state index contributed by atoms with van der Waals surface area (Å²) in [4.78, 5) is 49.7. The molecular formula is C23H21ClN2O5S. The van der Waals surface area contributed by atoms with Gasteiger partial charge in [0.2, 0.25) is 0 Å². The molecule has 7 nitrogen and oxygen atoms in total. The number of Topliss-reactive ketones (excluding diaryl/α,β-unsaturated/α-hetero) is 1. The fraction of sp³-hybridized carbons (Fsp3) is 0.217. The van der Waals surface area contributed by atoms with E-state index in [0.717, 1.165) is 22.2 Å². The number of rotatable bonds is 9. The van der Waals surface area contributed by atoms with E-state index >= 15 is 0 Å². The minimum atomic E-state index is -0.401. The van der Waals surface area contributed by atoms with Crippen LogP contribution in [0.1, 0.15) is 29.3 Å². The Morgan fingerprint density at radius 2 is 1.78 bits per heavy atom. The van der Waals surface area contributed by atoms with Crippen molar-refractivity contribution in [2.24, 2.45) is 0 Å². The molecule has 1 aliphatic rings. The maximum atomic E-state index is 12.5. The van der Waals surface area contributed by atoms with Crippen LogP contribution in [-0.2, 0) is 9.59 Å². The van der Waals surface area contributed by atoms with Gasteiger partial charge in [0.15, 0.2) is 12.4 Å². The average Bonchev–Trinajstić information content (AvgIpc) is 3.06. The zero-order valence-electron chi connectivity index (χ0n) is 17.3. The summed E-state index contributed by atoms with van der Waals surface area (Å²) in [6.45, 7) is 1.73. The van der Waals surface area contributed by atoms with Crippen molar-refractivity contribution in [3.05, 3.63) is 69.6 Å². The van der Waals surface area contributed by atoms with E-state index in [2.05, 4.69) is 5.32 Å². The van der Waals surface area contributed by atoms with Crippen molar-refractivity contribution in [2.45, 2.75) is 13.3 Å². The number of hydrogen-bond donors (Lipinski definition) is 1. The Morgan fingerprint density at radius 3 is 2.44 bits per heavy atom. The molecule has 0 bridgehead atoms. The lowest BCUT2D eigenvalue weighted by molar-refractivity contribution is -0.125. The van der Waals surface area contributed by atoms with Crippen molar-refractivity contribution in [1.82, 2.24) is 10.2 Å². The van der Waals surface area contributed by atoms with Gasteiger partial charge in [-0.3, -0.25) is 24.1 Å². The van der Waals surface area contributed by atoms with Gasteiger partial charge in [0.05, 0.1) is 4.91 Å². The fourth-order valence-corrected chi connectivity index (χ4v) is 3.84. The van der Waals surface area contributed by atoms with Crippen molar-refractivity contribution in [1.29, 1.82) is 0 Å². The molecule has 1 saturated heterocycles. The molecule has 166 valence electrons. The first-order valence-electron chi connectivity index (χ1n) is 9.91. The highest BCUT2D eigenvalue weighted by Gasteiger charge is 2.34. The number of ketones is 1. The van der Waals surface area contributed by atoms with Gasteiger partial charge >= 0.3 is 0 Å². The monoisotopic (exact) mass is 472 g/mol. The highest BCUT2D eigenvalue weighted by molar-refractivity contribution is 8.18.